The van der Waals surface area contributed by atoms with Crippen molar-refractivity contribution < 1.29 is 14.3 Å². The van der Waals surface area contributed by atoms with Crippen LogP contribution in [-0.4, -0.2) is 17.1 Å². The number of nitrogens with zero attached hydrogens (tertiary/aromatic N) is 1. The molecule has 1 aromatic rings. The molecule has 0 aromatic heterocycles. The highest BCUT2D eigenvalue weighted by Crippen LogP contribution is 2.31. The van der Waals surface area contributed by atoms with Gasteiger partial charge in [0.1, 0.15) is 11.6 Å². The lowest BCUT2D eigenvalue weighted by Gasteiger charge is -2.14. The second-order valence-electron chi connectivity index (χ2n) is 2.98. The van der Waals surface area contributed by atoms with Crippen molar-refractivity contribution >= 4 is 33.4 Å². The van der Waals surface area contributed by atoms with Crippen molar-refractivity contribution in [3.05, 3.63) is 27.4 Å². The van der Waals surface area contributed by atoms with E-state index in [9.17, 15) is 4.39 Å². The van der Waals surface area contributed by atoms with E-state index in [1.807, 2.05) is 0 Å². The molecule has 16 heavy (non-hydrogen) atoms. The number of ether oxygens (including phenoxy) is 1. The van der Waals surface area contributed by atoms with E-state index in [1.54, 1.807) is 6.92 Å². The first-order valence-corrected chi connectivity index (χ1v) is 5.41. The molecule has 0 heterocycles. The zero-order valence-electron chi connectivity index (χ0n) is 8.25. The number of rotatable bonds is 3. The van der Waals surface area contributed by atoms with Crippen LogP contribution in [0.3, 0.4) is 0 Å². The molecular weight excluding hydrogens is 302 g/mol. The van der Waals surface area contributed by atoms with Gasteiger partial charge in [0.05, 0.1) is 9.50 Å². The number of nitrogens with two attached hydrogens (primary N) is 1. The second-order valence-corrected chi connectivity index (χ2v) is 4.24. The molecular formula is C9H9BrClFN2O2. The fourth-order valence-electron chi connectivity index (χ4n) is 0.927. The monoisotopic (exact) mass is 310 g/mol. The molecule has 0 radical (unpaired) electrons. The Morgan fingerprint density at radius 1 is 1.69 bits per heavy atom. The third-order valence-corrected chi connectivity index (χ3v) is 2.72. The molecule has 1 aromatic carbocycles. The Morgan fingerprint density at radius 2 is 2.31 bits per heavy atom. The Balaban J connectivity index is 2.94. The number of hydrogen-bond donors (Lipinski definition) is 2. The van der Waals surface area contributed by atoms with Gasteiger partial charge in [0.2, 0.25) is 0 Å². The Kier molecular flexibility index (Phi) is 4.37. The number of hydrogen-bond acceptors (Lipinski definition) is 3. The molecule has 0 spiro atoms. The summed E-state index contributed by atoms with van der Waals surface area (Å²) in [5.41, 5.74) is 5.32. The highest BCUT2D eigenvalue weighted by molar-refractivity contribution is 9.10. The molecule has 0 aliphatic carbocycles. The van der Waals surface area contributed by atoms with Crippen LogP contribution in [0.15, 0.2) is 21.8 Å². The van der Waals surface area contributed by atoms with Crippen molar-refractivity contribution in [3.8, 4) is 5.75 Å². The number of halogens is 3. The van der Waals surface area contributed by atoms with Crippen molar-refractivity contribution in [3.63, 3.8) is 0 Å². The first-order valence-electron chi connectivity index (χ1n) is 4.24. The van der Waals surface area contributed by atoms with Gasteiger partial charge in [-0.05, 0) is 28.9 Å². The zero-order chi connectivity index (χ0) is 12.3. The Hall–Kier alpha value is -1.01. The van der Waals surface area contributed by atoms with Gasteiger partial charge in [0.15, 0.2) is 11.9 Å². The topological polar surface area (TPSA) is 67.8 Å². The van der Waals surface area contributed by atoms with Gasteiger partial charge in [0.25, 0.3) is 0 Å². The SMILES string of the molecule is CC(Oc1cc(F)c(Cl)cc1Br)/C(N)=N/O. The van der Waals surface area contributed by atoms with Crippen LogP contribution >= 0.6 is 27.5 Å². The van der Waals surface area contributed by atoms with Crippen LogP contribution in [-0.2, 0) is 0 Å². The average Bonchev–Trinajstić information content (AvgIpc) is 2.24. The van der Waals surface area contributed by atoms with Crippen LogP contribution in [0.2, 0.25) is 5.02 Å². The normalized spacial score (nSPS) is 13.6. The quantitative estimate of drug-likeness (QED) is 0.296. The van der Waals surface area contributed by atoms with Gasteiger partial charge in [-0.3, -0.25) is 0 Å². The molecule has 88 valence electrons. The molecule has 4 nitrogen and oxygen atoms in total. The lowest BCUT2D eigenvalue weighted by molar-refractivity contribution is 0.263. The van der Waals surface area contributed by atoms with Gasteiger partial charge >= 0.3 is 0 Å². The largest absolute Gasteiger partial charge is 0.481 e. The van der Waals surface area contributed by atoms with E-state index in [2.05, 4.69) is 21.1 Å². The summed E-state index contributed by atoms with van der Waals surface area (Å²) in [4.78, 5) is 0. The molecule has 0 fully saturated rings. The summed E-state index contributed by atoms with van der Waals surface area (Å²) in [6, 6.07) is 2.48. The van der Waals surface area contributed by atoms with E-state index >= 15 is 0 Å². The molecule has 0 aliphatic heterocycles. The first kappa shape index (κ1) is 13.1. The minimum atomic E-state index is -0.679. The lowest BCUT2D eigenvalue weighted by atomic mass is 10.3. The van der Waals surface area contributed by atoms with Gasteiger partial charge in [0, 0.05) is 6.07 Å². The van der Waals surface area contributed by atoms with E-state index in [4.69, 9.17) is 27.3 Å². The summed E-state index contributed by atoms with van der Waals surface area (Å²) < 4.78 is 18.9. The smallest absolute Gasteiger partial charge is 0.180 e. The van der Waals surface area contributed by atoms with Crippen molar-refractivity contribution in [2.75, 3.05) is 0 Å². The third-order valence-electron chi connectivity index (χ3n) is 1.81. The molecule has 1 unspecified atom stereocenters. The molecule has 0 amide bonds. The minimum absolute atomic E-state index is 0.0179. The van der Waals surface area contributed by atoms with Crippen molar-refractivity contribution in [1.82, 2.24) is 0 Å². The van der Waals surface area contributed by atoms with Crippen molar-refractivity contribution in [2.24, 2.45) is 10.9 Å². The fourth-order valence-corrected chi connectivity index (χ4v) is 1.66. The number of oxime groups is 1. The predicted octanol–water partition coefficient (Wildman–Crippen LogP) is 2.76. The van der Waals surface area contributed by atoms with Crippen LogP contribution in [0.5, 0.6) is 5.75 Å². The Bertz CT molecular complexity index is 428. The maximum Gasteiger partial charge on any atom is 0.180 e. The van der Waals surface area contributed by atoms with E-state index in [1.165, 1.54) is 6.07 Å². The molecule has 1 rings (SSSR count). The molecule has 7 heteroatoms. The van der Waals surface area contributed by atoms with Crippen LogP contribution in [0.25, 0.3) is 0 Å². The maximum atomic E-state index is 13.1. The van der Waals surface area contributed by atoms with Gasteiger partial charge in [-0.2, -0.15) is 0 Å². The van der Waals surface area contributed by atoms with E-state index < -0.39 is 11.9 Å². The van der Waals surface area contributed by atoms with Crippen molar-refractivity contribution in [2.45, 2.75) is 13.0 Å². The molecule has 0 bridgehead atoms. The average molecular weight is 312 g/mol. The lowest BCUT2D eigenvalue weighted by Crippen LogP contribution is -2.31. The van der Waals surface area contributed by atoms with Crippen LogP contribution in [0, 0.1) is 5.82 Å². The standard InChI is InChI=1S/C9H9BrClFN2O2/c1-4(9(13)14-15)16-8-3-7(12)6(11)2-5(8)10/h2-4,15H,1H3,(H2,13,14). The summed E-state index contributed by atoms with van der Waals surface area (Å²) in [5, 5.41) is 11.2. The molecule has 0 saturated heterocycles. The maximum absolute atomic E-state index is 13.1. The van der Waals surface area contributed by atoms with Crippen LogP contribution in [0.4, 0.5) is 4.39 Å². The second kappa shape index (κ2) is 5.36. The summed E-state index contributed by atoms with van der Waals surface area (Å²) in [7, 11) is 0. The Morgan fingerprint density at radius 3 is 2.88 bits per heavy atom. The molecule has 0 aliphatic rings. The highest BCUT2D eigenvalue weighted by atomic mass is 79.9. The van der Waals surface area contributed by atoms with Gasteiger partial charge in [-0.15, -0.1) is 0 Å². The van der Waals surface area contributed by atoms with Gasteiger partial charge in [-0.1, -0.05) is 16.8 Å². The molecule has 1 atom stereocenters. The summed E-state index contributed by atoms with van der Waals surface area (Å²) in [6.45, 7) is 1.56. The fraction of sp³-hybridized carbons (Fsp3) is 0.222. The number of benzene rings is 1. The summed E-state index contributed by atoms with van der Waals surface area (Å²) >= 11 is 8.72. The first-order chi connectivity index (χ1) is 7.45. The third kappa shape index (κ3) is 2.99. The summed E-state index contributed by atoms with van der Waals surface area (Å²) in [6.07, 6.45) is -0.679. The van der Waals surface area contributed by atoms with Crippen LogP contribution < -0.4 is 10.5 Å². The van der Waals surface area contributed by atoms with E-state index in [0.717, 1.165) is 6.07 Å². The zero-order valence-corrected chi connectivity index (χ0v) is 10.6. The minimum Gasteiger partial charge on any atom is -0.481 e. The molecule has 0 saturated carbocycles. The molecule has 3 N–H and O–H groups in total. The highest BCUT2D eigenvalue weighted by Gasteiger charge is 2.13. The van der Waals surface area contributed by atoms with Gasteiger partial charge in [-0.25, -0.2) is 4.39 Å². The number of amidine groups is 1. The predicted molar refractivity (Wildman–Crippen MR) is 62.6 cm³/mol. The van der Waals surface area contributed by atoms with Gasteiger partial charge < -0.3 is 15.7 Å². The van der Waals surface area contributed by atoms with E-state index in [-0.39, 0.29) is 16.6 Å². The summed E-state index contributed by atoms with van der Waals surface area (Å²) in [5.74, 6) is -0.491. The Labute approximate surface area is 105 Å². The van der Waals surface area contributed by atoms with Crippen LogP contribution in [0.1, 0.15) is 6.92 Å². The van der Waals surface area contributed by atoms with E-state index in [0.29, 0.717) is 4.47 Å². The van der Waals surface area contributed by atoms with Crippen molar-refractivity contribution in [1.29, 1.82) is 0 Å².